The molecule has 0 unspecified atom stereocenters. The lowest BCUT2D eigenvalue weighted by atomic mass is 10.1. The first-order chi connectivity index (χ1) is 9.78. The molecule has 0 aliphatic rings. The third kappa shape index (κ3) is 4.96. The Morgan fingerprint density at radius 3 is 2.95 bits per heavy atom. The second-order valence-electron chi connectivity index (χ2n) is 4.90. The van der Waals surface area contributed by atoms with Crippen molar-refractivity contribution in [1.29, 1.82) is 0 Å². The van der Waals surface area contributed by atoms with Crippen molar-refractivity contribution in [2.24, 2.45) is 0 Å². The maximum Gasteiger partial charge on any atom is 0.117 e. The van der Waals surface area contributed by atoms with Crippen LogP contribution in [0.2, 0.25) is 0 Å². The molecule has 2 rings (SSSR count). The molecular weight excluding hydrogens is 270 g/mol. The first-order valence-electron chi connectivity index (χ1n) is 6.82. The third-order valence-corrected chi connectivity index (χ3v) is 3.85. The second kappa shape index (κ2) is 8.04. The van der Waals surface area contributed by atoms with E-state index in [1.54, 1.807) is 17.6 Å². The average molecular weight is 291 g/mol. The zero-order chi connectivity index (χ0) is 14.2. The number of aliphatic hydroxyl groups is 1. The molecule has 0 spiro atoms. The van der Waals surface area contributed by atoms with Crippen molar-refractivity contribution in [3.8, 4) is 0 Å². The molecule has 2 heterocycles. The van der Waals surface area contributed by atoms with Gasteiger partial charge in [-0.05, 0) is 47.4 Å². The summed E-state index contributed by atoms with van der Waals surface area (Å²) in [5.41, 5.74) is 1.28. The Hall–Kier alpha value is -1.36. The van der Waals surface area contributed by atoms with E-state index in [2.05, 4.69) is 28.3 Å². The Bertz CT molecular complexity index is 442. The molecule has 3 nitrogen and oxygen atoms in total. The molecule has 1 atom stereocenters. The number of rotatable bonds is 9. The molecule has 0 bridgehead atoms. The summed E-state index contributed by atoms with van der Waals surface area (Å²) in [4.78, 5) is 2.22. The third-order valence-electron chi connectivity index (χ3n) is 3.12. The van der Waals surface area contributed by atoms with Crippen molar-refractivity contribution in [3.05, 3.63) is 59.2 Å². The van der Waals surface area contributed by atoms with E-state index in [1.807, 2.05) is 18.2 Å². The van der Waals surface area contributed by atoms with Gasteiger partial charge in [0.15, 0.2) is 0 Å². The summed E-state index contributed by atoms with van der Waals surface area (Å²) < 4.78 is 5.41. The summed E-state index contributed by atoms with van der Waals surface area (Å²) >= 11 is 1.70. The lowest BCUT2D eigenvalue weighted by Gasteiger charge is -2.23. The van der Waals surface area contributed by atoms with Crippen molar-refractivity contribution in [1.82, 2.24) is 4.90 Å². The molecule has 108 valence electrons. The lowest BCUT2D eigenvalue weighted by Crippen LogP contribution is -2.31. The molecule has 4 heteroatoms. The Labute approximate surface area is 124 Å². The highest BCUT2D eigenvalue weighted by molar-refractivity contribution is 7.07. The fourth-order valence-electron chi connectivity index (χ4n) is 2.15. The Morgan fingerprint density at radius 1 is 1.40 bits per heavy atom. The van der Waals surface area contributed by atoms with Crippen molar-refractivity contribution in [2.45, 2.75) is 32.0 Å². The number of furan rings is 1. The van der Waals surface area contributed by atoms with E-state index in [-0.39, 0.29) is 6.10 Å². The molecule has 0 aromatic carbocycles. The van der Waals surface area contributed by atoms with Gasteiger partial charge in [0.1, 0.15) is 5.76 Å². The molecule has 1 N–H and O–H groups in total. The van der Waals surface area contributed by atoms with Crippen molar-refractivity contribution in [2.75, 3.05) is 6.54 Å². The zero-order valence-corrected chi connectivity index (χ0v) is 12.4. The van der Waals surface area contributed by atoms with Crippen LogP contribution in [0.5, 0.6) is 0 Å². The van der Waals surface area contributed by atoms with E-state index >= 15 is 0 Å². The van der Waals surface area contributed by atoms with Crippen LogP contribution in [0, 0.1) is 0 Å². The van der Waals surface area contributed by atoms with Gasteiger partial charge in [0.25, 0.3) is 0 Å². The molecule has 2 aromatic heterocycles. The van der Waals surface area contributed by atoms with Gasteiger partial charge in [0.05, 0.1) is 18.9 Å². The number of hydrogen-bond donors (Lipinski definition) is 1. The number of nitrogens with zero attached hydrogens (tertiary/aromatic N) is 1. The smallest absolute Gasteiger partial charge is 0.117 e. The fraction of sp³-hybridized carbons (Fsp3) is 0.375. The molecule has 0 aliphatic carbocycles. The van der Waals surface area contributed by atoms with Gasteiger partial charge in [0.2, 0.25) is 0 Å². The summed E-state index contributed by atoms with van der Waals surface area (Å²) in [6, 6.07) is 5.99. The summed E-state index contributed by atoms with van der Waals surface area (Å²) in [5.74, 6) is 0.927. The quantitative estimate of drug-likeness (QED) is 0.716. The maximum atomic E-state index is 10.1. The van der Waals surface area contributed by atoms with Crippen LogP contribution in [-0.2, 0) is 13.1 Å². The minimum Gasteiger partial charge on any atom is -0.468 e. The van der Waals surface area contributed by atoms with Gasteiger partial charge in [-0.25, -0.2) is 0 Å². The molecule has 0 saturated heterocycles. The summed E-state index contributed by atoms with van der Waals surface area (Å²) in [5, 5.41) is 14.3. The number of thiophene rings is 1. The molecule has 0 radical (unpaired) electrons. The van der Waals surface area contributed by atoms with E-state index in [0.29, 0.717) is 13.1 Å². The van der Waals surface area contributed by atoms with Crippen molar-refractivity contribution < 1.29 is 9.52 Å². The zero-order valence-electron chi connectivity index (χ0n) is 11.6. The first-order valence-corrected chi connectivity index (χ1v) is 7.77. The normalized spacial score (nSPS) is 12.7. The summed E-state index contributed by atoms with van der Waals surface area (Å²) in [7, 11) is 0. The van der Waals surface area contributed by atoms with Crippen LogP contribution in [0.15, 0.2) is 52.3 Å². The van der Waals surface area contributed by atoms with E-state index < -0.39 is 0 Å². The standard InChI is InChI=1S/C16H21NO2S/c1-2-3-5-15(18)11-17(10-14-7-9-20-13-14)12-16-6-4-8-19-16/h2,4,6-9,13,15,18H,1,3,5,10-12H2/t15-/m0/s1. The molecular formula is C16H21NO2S. The molecule has 2 aromatic rings. The minimum absolute atomic E-state index is 0.332. The highest BCUT2D eigenvalue weighted by atomic mass is 32.1. The molecule has 0 saturated carbocycles. The van der Waals surface area contributed by atoms with Crippen LogP contribution in [0.25, 0.3) is 0 Å². The number of hydrogen-bond acceptors (Lipinski definition) is 4. The molecule has 20 heavy (non-hydrogen) atoms. The van der Waals surface area contributed by atoms with Crippen LogP contribution in [0.3, 0.4) is 0 Å². The van der Waals surface area contributed by atoms with Gasteiger partial charge in [-0.3, -0.25) is 4.90 Å². The van der Waals surface area contributed by atoms with Crippen LogP contribution >= 0.6 is 11.3 Å². The lowest BCUT2D eigenvalue weighted by molar-refractivity contribution is 0.0946. The van der Waals surface area contributed by atoms with Crippen LogP contribution in [0.4, 0.5) is 0 Å². The Kier molecular flexibility index (Phi) is 6.05. The van der Waals surface area contributed by atoms with E-state index in [9.17, 15) is 5.11 Å². The first kappa shape index (κ1) is 15.0. The summed E-state index contributed by atoms with van der Waals surface area (Å²) in [6.07, 6.45) is 4.79. The van der Waals surface area contributed by atoms with E-state index in [1.165, 1.54) is 5.56 Å². The van der Waals surface area contributed by atoms with Crippen LogP contribution in [0.1, 0.15) is 24.2 Å². The van der Waals surface area contributed by atoms with Gasteiger partial charge in [-0.1, -0.05) is 6.08 Å². The highest BCUT2D eigenvalue weighted by Gasteiger charge is 2.14. The SMILES string of the molecule is C=CCC[C@H](O)CN(Cc1ccsc1)Cc1ccco1. The predicted octanol–water partition coefficient (Wildman–Crippen LogP) is 3.67. The van der Waals surface area contributed by atoms with Crippen molar-refractivity contribution in [3.63, 3.8) is 0 Å². The Morgan fingerprint density at radius 2 is 2.30 bits per heavy atom. The minimum atomic E-state index is -0.332. The topological polar surface area (TPSA) is 36.6 Å². The molecule has 0 aliphatic heterocycles. The molecule has 0 amide bonds. The Balaban J connectivity index is 1.93. The van der Waals surface area contributed by atoms with Gasteiger partial charge in [-0.15, -0.1) is 6.58 Å². The van der Waals surface area contributed by atoms with Gasteiger partial charge < -0.3 is 9.52 Å². The largest absolute Gasteiger partial charge is 0.468 e. The fourth-order valence-corrected chi connectivity index (χ4v) is 2.81. The maximum absolute atomic E-state index is 10.1. The summed E-state index contributed by atoms with van der Waals surface area (Å²) in [6.45, 7) is 5.88. The van der Waals surface area contributed by atoms with Crippen LogP contribution in [-0.4, -0.2) is 22.7 Å². The highest BCUT2D eigenvalue weighted by Crippen LogP contribution is 2.14. The predicted molar refractivity (Wildman–Crippen MR) is 82.6 cm³/mol. The van der Waals surface area contributed by atoms with Crippen LogP contribution < -0.4 is 0 Å². The average Bonchev–Trinajstić information content (AvgIpc) is 3.09. The van der Waals surface area contributed by atoms with Gasteiger partial charge in [0, 0.05) is 13.1 Å². The van der Waals surface area contributed by atoms with E-state index in [4.69, 9.17) is 4.42 Å². The van der Waals surface area contributed by atoms with E-state index in [0.717, 1.165) is 25.1 Å². The van der Waals surface area contributed by atoms with Gasteiger partial charge in [-0.2, -0.15) is 11.3 Å². The van der Waals surface area contributed by atoms with Gasteiger partial charge >= 0.3 is 0 Å². The second-order valence-corrected chi connectivity index (χ2v) is 5.68. The molecule has 0 fully saturated rings. The van der Waals surface area contributed by atoms with Crippen molar-refractivity contribution >= 4 is 11.3 Å². The number of allylic oxidation sites excluding steroid dienone is 1. The number of aliphatic hydroxyl groups excluding tert-OH is 1. The monoisotopic (exact) mass is 291 g/mol.